The number of anilines is 1. The molecule has 0 N–H and O–H groups in total. The Kier molecular flexibility index (Phi) is 6.87. The molecular weight excluding hydrogens is 456 g/mol. The van der Waals surface area contributed by atoms with E-state index in [9.17, 15) is 4.79 Å². The standard InChI is InChI=1S/C24H24N4O5S/c1-6-13-34-24-25-22-19(26-27-24)15-9-7-8-10-17(15)28(14(2)29)23(33-22)16-11-12-18(30-3)21(32-5)20(16)31-4/h6-12,23H,1,13H2,2-5H3/t23-/m1/s1. The van der Waals surface area contributed by atoms with Crippen molar-refractivity contribution in [2.45, 2.75) is 18.3 Å². The molecule has 34 heavy (non-hydrogen) atoms. The molecular formula is C24H24N4O5S. The average molecular weight is 481 g/mol. The zero-order chi connectivity index (χ0) is 24.2. The van der Waals surface area contributed by atoms with Gasteiger partial charge in [0.1, 0.15) is 0 Å². The number of aromatic nitrogens is 3. The summed E-state index contributed by atoms with van der Waals surface area (Å²) in [5.74, 6) is 1.87. The molecule has 2 heterocycles. The smallest absolute Gasteiger partial charge is 0.247 e. The molecule has 176 valence electrons. The van der Waals surface area contributed by atoms with Crippen LogP contribution in [0.2, 0.25) is 0 Å². The number of hydrogen-bond acceptors (Lipinski definition) is 9. The van der Waals surface area contributed by atoms with Crippen LogP contribution in [-0.2, 0) is 4.79 Å². The van der Waals surface area contributed by atoms with E-state index in [-0.39, 0.29) is 11.8 Å². The predicted molar refractivity (Wildman–Crippen MR) is 129 cm³/mol. The quantitative estimate of drug-likeness (QED) is 0.362. The Hall–Kier alpha value is -3.79. The highest BCUT2D eigenvalue weighted by molar-refractivity contribution is 7.99. The van der Waals surface area contributed by atoms with Gasteiger partial charge in [-0.2, -0.15) is 4.98 Å². The first-order valence-corrected chi connectivity index (χ1v) is 11.4. The van der Waals surface area contributed by atoms with Crippen LogP contribution in [0.15, 0.2) is 54.2 Å². The molecule has 0 saturated heterocycles. The summed E-state index contributed by atoms with van der Waals surface area (Å²) >= 11 is 1.38. The van der Waals surface area contributed by atoms with Gasteiger partial charge >= 0.3 is 0 Å². The minimum atomic E-state index is -0.927. The second-order valence-electron chi connectivity index (χ2n) is 7.15. The number of benzene rings is 2. The molecule has 4 rings (SSSR count). The summed E-state index contributed by atoms with van der Waals surface area (Å²) in [6.45, 7) is 5.20. The number of fused-ring (bicyclic) bond motifs is 3. The molecule has 3 aromatic rings. The van der Waals surface area contributed by atoms with Crippen LogP contribution in [0.3, 0.4) is 0 Å². The molecule has 0 unspecified atom stereocenters. The number of para-hydroxylation sites is 1. The van der Waals surface area contributed by atoms with Gasteiger partial charge in [0.2, 0.25) is 28.9 Å². The lowest BCUT2D eigenvalue weighted by Crippen LogP contribution is -2.36. The number of hydrogen-bond donors (Lipinski definition) is 0. The summed E-state index contributed by atoms with van der Waals surface area (Å²) in [5, 5.41) is 9.06. The number of carbonyl (C=O) groups excluding carboxylic acids is 1. The average Bonchev–Trinajstić information content (AvgIpc) is 3.00. The third-order valence-electron chi connectivity index (χ3n) is 5.18. The summed E-state index contributed by atoms with van der Waals surface area (Å²) in [4.78, 5) is 19.1. The van der Waals surface area contributed by atoms with Crippen molar-refractivity contribution in [3.63, 3.8) is 0 Å². The van der Waals surface area contributed by atoms with Crippen LogP contribution in [0.1, 0.15) is 18.7 Å². The third kappa shape index (κ3) is 4.12. The molecule has 0 saturated carbocycles. The van der Waals surface area contributed by atoms with Gasteiger partial charge in [0.05, 0.1) is 32.6 Å². The number of nitrogens with zero attached hydrogens (tertiary/aromatic N) is 4. The first-order valence-electron chi connectivity index (χ1n) is 10.4. The molecule has 1 amide bonds. The molecule has 1 aliphatic heterocycles. The van der Waals surface area contributed by atoms with Gasteiger partial charge in [-0.05, 0) is 18.2 Å². The van der Waals surface area contributed by atoms with Crippen molar-refractivity contribution in [3.05, 3.63) is 54.6 Å². The molecule has 10 heteroatoms. The zero-order valence-corrected chi connectivity index (χ0v) is 20.1. The van der Waals surface area contributed by atoms with Gasteiger partial charge in [-0.25, -0.2) is 0 Å². The Labute approximate surface area is 201 Å². The van der Waals surface area contributed by atoms with Gasteiger partial charge in [-0.3, -0.25) is 9.69 Å². The van der Waals surface area contributed by atoms with E-state index in [0.29, 0.717) is 50.7 Å². The number of thioether (sulfide) groups is 1. The second-order valence-corrected chi connectivity index (χ2v) is 8.13. The Morgan fingerprint density at radius 1 is 1.12 bits per heavy atom. The monoisotopic (exact) mass is 480 g/mol. The minimum absolute atomic E-state index is 0.240. The lowest BCUT2D eigenvalue weighted by molar-refractivity contribution is -0.118. The van der Waals surface area contributed by atoms with Gasteiger partial charge in [0.15, 0.2) is 17.2 Å². The molecule has 1 atom stereocenters. The number of ether oxygens (including phenoxy) is 4. The molecule has 2 aromatic carbocycles. The SMILES string of the molecule is C=CCSc1nnc2c(n1)O[C@H](c1ccc(OC)c(OC)c1OC)N(C(C)=O)c1ccccc1-2. The maximum Gasteiger partial charge on any atom is 0.247 e. The van der Waals surface area contributed by atoms with Crippen molar-refractivity contribution in [1.29, 1.82) is 0 Å². The van der Waals surface area contributed by atoms with Gasteiger partial charge in [0, 0.05) is 18.2 Å². The molecule has 0 spiro atoms. The fourth-order valence-electron chi connectivity index (χ4n) is 3.77. The molecule has 9 nitrogen and oxygen atoms in total. The van der Waals surface area contributed by atoms with E-state index in [1.165, 1.54) is 32.9 Å². The van der Waals surface area contributed by atoms with Gasteiger partial charge < -0.3 is 18.9 Å². The van der Waals surface area contributed by atoms with Crippen molar-refractivity contribution in [2.24, 2.45) is 0 Å². The molecule has 0 aliphatic carbocycles. The van der Waals surface area contributed by atoms with E-state index in [2.05, 4.69) is 21.8 Å². The van der Waals surface area contributed by atoms with Crippen LogP contribution < -0.4 is 23.8 Å². The number of carbonyl (C=O) groups is 1. The highest BCUT2D eigenvalue weighted by Crippen LogP contribution is 2.48. The predicted octanol–water partition coefficient (Wildman–Crippen LogP) is 4.29. The molecule has 1 aromatic heterocycles. The van der Waals surface area contributed by atoms with Crippen LogP contribution >= 0.6 is 11.8 Å². The van der Waals surface area contributed by atoms with Crippen molar-refractivity contribution >= 4 is 23.4 Å². The summed E-state index contributed by atoms with van der Waals surface area (Å²) in [6, 6.07) is 10.9. The summed E-state index contributed by atoms with van der Waals surface area (Å²) in [5.41, 5.74) is 2.27. The maximum absolute atomic E-state index is 13.0. The van der Waals surface area contributed by atoms with E-state index in [4.69, 9.17) is 18.9 Å². The first kappa shape index (κ1) is 23.4. The van der Waals surface area contributed by atoms with Gasteiger partial charge in [-0.1, -0.05) is 36.0 Å². The van der Waals surface area contributed by atoms with E-state index in [0.717, 1.165) is 0 Å². The Balaban J connectivity index is 1.97. The molecule has 1 aliphatic rings. The van der Waals surface area contributed by atoms with E-state index in [1.807, 2.05) is 24.3 Å². The van der Waals surface area contributed by atoms with E-state index in [1.54, 1.807) is 30.2 Å². The Bertz CT molecular complexity index is 1240. The van der Waals surface area contributed by atoms with E-state index < -0.39 is 6.23 Å². The highest BCUT2D eigenvalue weighted by atomic mass is 32.2. The van der Waals surface area contributed by atoms with Crippen LogP contribution in [0.5, 0.6) is 23.1 Å². The van der Waals surface area contributed by atoms with Crippen LogP contribution in [0.25, 0.3) is 11.3 Å². The lowest BCUT2D eigenvalue weighted by Gasteiger charge is -2.31. The molecule has 0 bridgehead atoms. The van der Waals surface area contributed by atoms with E-state index >= 15 is 0 Å². The van der Waals surface area contributed by atoms with Crippen molar-refractivity contribution in [3.8, 4) is 34.4 Å². The summed E-state index contributed by atoms with van der Waals surface area (Å²) in [6.07, 6.45) is 0.827. The largest absolute Gasteiger partial charge is 0.493 e. The van der Waals surface area contributed by atoms with Crippen molar-refractivity contribution in [1.82, 2.24) is 15.2 Å². The Morgan fingerprint density at radius 2 is 1.88 bits per heavy atom. The number of rotatable bonds is 7. The summed E-state index contributed by atoms with van der Waals surface area (Å²) < 4.78 is 23.1. The highest BCUT2D eigenvalue weighted by Gasteiger charge is 2.37. The maximum atomic E-state index is 13.0. The first-order chi connectivity index (χ1) is 16.5. The number of methoxy groups -OCH3 is 3. The molecule has 0 fully saturated rings. The lowest BCUT2D eigenvalue weighted by atomic mass is 10.1. The van der Waals surface area contributed by atoms with Gasteiger partial charge in [0.25, 0.3) is 0 Å². The minimum Gasteiger partial charge on any atom is -0.493 e. The topological polar surface area (TPSA) is 95.9 Å². The van der Waals surface area contributed by atoms with Crippen LogP contribution in [0.4, 0.5) is 5.69 Å². The fourth-order valence-corrected chi connectivity index (χ4v) is 4.28. The zero-order valence-electron chi connectivity index (χ0n) is 19.3. The van der Waals surface area contributed by atoms with Crippen molar-refractivity contribution < 1.29 is 23.7 Å². The van der Waals surface area contributed by atoms with Crippen LogP contribution in [0, 0.1) is 0 Å². The summed E-state index contributed by atoms with van der Waals surface area (Å²) in [7, 11) is 4.58. The molecule has 0 radical (unpaired) electrons. The van der Waals surface area contributed by atoms with Crippen LogP contribution in [-0.4, -0.2) is 48.2 Å². The second kappa shape index (κ2) is 10.0. The third-order valence-corrected chi connectivity index (χ3v) is 6.02. The van der Waals surface area contributed by atoms with Gasteiger partial charge in [-0.15, -0.1) is 16.8 Å². The fraction of sp³-hybridized carbons (Fsp3) is 0.250. The normalized spacial score (nSPS) is 14.2. The Morgan fingerprint density at radius 3 is 2.56 bits per heavy atom. The van der Waals surface area contributed by atoms with Crippen molar-refractivity contribution in [2.75, 3.05) is 32.0 Å². The number of amides is 1.